The summed E-state index contributed by atoms with van der Waals surface area (Å²) in [4.78, 5) is 26.6. The number of aromatic nitrogens is 1. The maximum atomic E-state index is 11.8. The van der Waals surface area contributed by atoms with Gasteiger partial charge in [-0.25, -0.2) is 4.79 Å². The number of hydrogen-bond donors (Lipinski definition) is 2. The van der Waals surface area contributed by atoms with Crippen molar-refractivity contribution in [3.05, 3.63) is 24.0 Å². The molecule has 6 heteroatoms. The minimum Gasteiger partial charge on any atom is -0.478 e. The molecule has 1 heterocycles. The lowest BCUT2D eigenvalue weighted by atomic mass is 10.2. The number of rotatable bonds is 6. The van der Waals surface area contributed by atoms with Crippen LogP contribution in [0.1, 0.15) is 37.6 Å². The highest BCUT2D eigenvalue weighted by Crippen LogP contribution is 2.17. The minimum atomic E-state index is -1.12. The topological polar surface area (TPSA) is 88.5 Å². The van der Waals surface area contributed by atoms with Crippen molar-refractivity contribution >= 4 is 11.9 Å². The molecule has 6 nitrogen and oxygen atoms in total. The molecular weight excluding hydrogens is 248 g/mol. The zero-order chi connectivity index (χ0) is 14.4. The van der Waals surface area contributed by atoms with E-state index in [1.54, 1.807) is 6.92 Å². The van der Waals surface area contributed by atoms with E-state index in [2.05, 4.69) is 10.3 Å². The average Bonchev–Trinajstić information content (AvgIpc) is 2.38. The largest absolute Gasteiger partial charge is 0.478 e. The van der Waals surface area contributed by atoms with Crippen LogP contribution in [0, 0.1) is 0 Å². The van der Waals surface area contributed by atoms with Crippen LogP contribution in [0.25, 0.3) is 0 Å². The molecule has 0 bridgehead atoms. The number of nitrogens with zero attached hydrogens (tertiary/aromatic N) is 1. The Kier molecular flexibility index (Phi) is 5.29. The molecule has 0 aliphatic heterocycles. The maximum Gasteiger partial charge on any atom is 0.339 e. The van der Waals surface area contributed by atoms with Crippen LogP contribution in [0.3, 0.4) is 0 Å². The quantitative estimate of drug-likeness (QED) is 0.813. The van der Waals surface area contributed by atoms with E-state index in [0.29, 0.717) is 0 Å². The van der Waals surface area contributed by atoms with Crippen LogP contribution < -0.4 is 10.1 Å². The monoisotopic (exact) mass is 266 g/mol. The number of carboxylic acids is 1. The summed E-state index contributed by atoms with van der Waals surface area (Å²) < 4.78 is 5.36. The Morgan fingerprint density at radius 1 is 1.47 bits per heavy atom. The van der Waals surface area contributed by atoms with Gasteiger partial charge in [0.25, 0.3) is 5.91 Å². The van der Waals surface area contributed by atoms with Gasteiger partial charge in [0.1, 0.15) is 5.56 Å². The average molecular weight is 266 g/mol. The lowest BCUT2D eigenvalue weighted by Crippen LogP contribution is -2.41. The van der Waals surface area contributed by atoms with Gasteiger partial charge in [0.05, 0.1) is 6.20 Å². The van der Waals surface area contributed by atoms with Crippen molar-refractivity contribution in [3.8, 4) is 5.75 Å². The molecule has 2 N–H and O–H groups in total. The second-order valence-corrected chi connectivity index (χ2v) is 4.25. The van der Waals surface area contributed by atoms with E-state index in [9.17, 15) is 9.59 Å². The van der Waals surface area contributed by atoms with Gasteiger partial charge in [0.15, 0.2) is 11.9 Å². The number of carbonyl (C=O) groups excluding carboxylic acids is 1. The molecule has 0 spiro atoms. The van der Waals surface area contributed by atoms with Crippen molar-refractivity contribution in [3.63, 3.8) is 0 Å². The zero-order valence-corrected chi connectivity index (χ0v) is 11.2. The first-order valence-corrected chi connectivity index (χ1v) is 6.10. The third-order valence-electron chi connectivity index (χ3n) is 2.69. The lowest BCUT2D eigenvalue weighted by molar-refractivity contribution is -0.127. The van der Waals surface area contributed by atoms with Crippen molar-refractivity contribution in [2.24, 2.45) is 0 Å². The SMILES string of the molecule is CCC(C)NC(=O)C(C)Oc1cnccc1C(=O)O. The minimum absolute atomic E-state index is 0.0156. The number of pyridine rings is 1. The Hall–Kier alpha value is -2.11. The van der Waals surface area contributed by atoms with Gasteiger partial charge in [-0.1, -0.05) is 6.92 Å². The molecule has 0 aliphatic rings. The van der Waals surface area contributed by atoms with Crippen LogP contribution in [0.4, 0.5) is 0 Å². The van der Waals surface area contributed by atoms with E-state index in [1.165, 1.54) is 18.5 Å². The number of amides is 1. The number of nitrogens with one attached hydrogen (secondary N) is 1. The molecule has 0 aromatic carbocycles. The molecule has 0 saturated carbocycles. The zero-order valence-electron chi connectivity index (χ0n) is 11.2. The van der Waals surface area contributed by atoms with Gasteiger partial charge in [-0.05, 0) is 26.3 Å². The fourth-order valence-electron chi connectivity index (χ4n) is 1.36. The summed E-state index contributed by atoms with van der Waals surface area (Å²) in [5.41, 5.74) is -0.0156. The molecule has 0 saturated heterocycles. The highest BCUT2D eigenvalue weighted by molar-refractivity contribution is 5.90. The van der Waals surface area contributed by atoms with Gasteiger partial charge in [-0.2, -0.15) is 0 Å². The van der Waals surface area contributed by atoms with Crippen LogP contribution in [0.15, 0.2) is 18.5 Å². The number of aromatic carboxylic acids is 1. The Balaban J connectivity index is 2.74. The highest BCUT2D eigenvalue weighted by atomic mass is 16.5. The Labute approximate surface area is 111 Å². The van der Waals surface area contributed by atoms with E-state index < -0.39 is 12.1 Å². The molecule has 2 unspecified atom stereocenters. The summed E-state index contributed by atoms with van der Waals surface area (Å²) in [5.74, 6) is -1.32. The molecule has 0 aliphatic carbocycles. The van der Waals surface area contributed by atoms with Gasteiger partial charge in [0.2, 0.25) is 0 Å². The summed E-state index contributed by atoms with van der Waals surface area (Å²) in [6.07, 6.45) is 2.68. The number of carbonyl (C=O) groups is 2. The Bertz CT molecular complexity index is 462. The lowest BCUT2D eigenvalue weighted by Gasteiger charge is -2.18. The second-order valence-electron chi connectivity index (χ2n) is 4.25. The summed E-state index contributed by atoms with van der Waals surface area (Å²) >= 11 is 0. The fraction of sp³-hybridized carbons (Fsp3) is 0.462. The predicted molar refractivity (Wildman–Crippen MR) is 69.2 cm³/mol. The highest BCUT2D eigenvalue weighted by Gasteiger charge is 2.19. The molecule has 104 valence electrons. The number of ether oxygens (including phenoxy) is 1. The Morgan fingerprint density at radius 3 is 2.74 bits per heavy atom. The predicted octanol–water partition coefficient (Wildman–Crippen LogP) is 1.46. The summed E-state index contributed by atoms with van der Waals surface area (Å²) in [5, 5.41) is 11.8. The van der Waals surface area contributed by atoms with E-state index in [0.717, 1.165) is 6.42 Å². The van der Waals surface area contributed by atoms with Crippen molar-refractivity contribution < 1.29 is 19.4 Å². The van der Waals surface area contributed by atoms with Crippen molar-refractivity contribution in [2.75, 3.05) is 0 Å². The summed E-state index contributed by atoms with van der Waals surface area (Å²) in [7, 11) is 0. The smallest absolute Gasteiger partial charge is 0.339 e. The molecule has 2 atom stereocenters. The maximum absolute atomic E-state index is 11.8. The van der Waals surface area contributed by atoms with Crippen molar-refractivity contribution in [2.45, 2.75) is 39.3 Å². The van der Waals surface area contributed by atoms with Crippen LogP contribution in [-0.2, 0) is 4.79 Å². The van der Waals surface area contributed by atoms with Crippen LogP contribution in [-0.4, -0.2) is 34.1 Å². The molecule has 19 heavy (non-hydrogen) atoms. The third-order valence-corrected chi connectivity index (χ3v) is 2.69. The molecule has 0 fully saturated rings. The van der Waals surface area contributed by atoms with E-state index >= 15 is 0 Å². The number of hydrogen-bond acceptors (Lipinski definition) is 4. The van der Waals surface area contributed by atoms with Crippen LogP contribution in [0.2, 0.25) is 0 Å². The van der Waals surface area contributed by atoms with Gasteiger partial charge < -0.3 is 15.2 Å². The van der Waals surface area contributed by atoms with Crippen molar-refractivity contribution in [1.29, 1.82) is 0 Å². The van der Waals surface area contributed by atoms with Gasteiger partial charge >= 0.3 is 5.97 Å². The van der Waals surface area contributed by atoms with Gasteiger partial charge in [-0.15, -0.1) is 0 Å². The first kappa shape index (κ1) is 14.9. The normalized spacial score (nSPS) is 13.4. The van der Waals surface area contributed by atoms with Gasteiger partial charge in [-0.3, -0.25) is 9.78 Å². The molecule has 1 amide bonds. The van der Waals surface area contributed by atoms with E-state index in [1.807, 2.05) is 13.8 Å². The standard InChI is InChI=1S/C13H18N2O4/c1-4-8(2)15-12(16)9(3)19-11-7-14-6-5-10(11)13(17)18/h5-9H,4H2,1-3H3,(H,15,16)(H,17,18). The number of carboxylic acid groups (broad SMARTS) is 1. The third kappa shape index (κ3) is 4.24. The first-order chi connectivity index (χ1) is 8.95. The van der Waals surface area contributed by atoms with Crippen LogP contribution >= 0.6 is 0 Å². The molecule has 1 aromatic rings. The summed E-state index contributed by atoms with van der Waals surface area (Å²) in [6, 6.07) is 1.38. The second kappa shape index (κ2) is 6.72. The Morgan fingerprint density at radius 2 is 2.16 bits per heavy atom. The fourth-order valence-corrected chi connectivity index (χ4v) is 1.36. The molecule has 1 rings (SSSR count). The molecule has 0 radical (unpaired) electrons. The van der Waals surface area contributed by atoms with Gasteiger partial charge in [0, 0.05) is 12.2 Å². The van der Waals surface area contributed by atoms with E-state index in [4.69, 9.17) is 9.84 Å². The van der Waals surface area contributed by atoms with Crippen molar-refractivity contribution in [1.82, 2.24) is 10.3 Å². The first-order valence-electron chi connectivity index (χ1n) is 6.10. The van der Waals surface area contributed by atoms with E-state index in [-0.39, 0.29) is 23.3 Å². The molecular formula is C13H18N2O4. The van der Waals surface area contributed by atoms with Crippen LogP contribution in [0.5, 0.6) is 5.75 Å². The summed E-state index contributed by atoms with van der Waals surface area (Å²) in [6.45, 7) is 5.41. The molecule has 1 aromatic heterocycles.